The Balaban J connectivity index is 2.69. The van der Waals surface area contributed by atoms with Crippen LogP contribution in [0.5, 0.6) is 0 Å². The minimum atomic E-state index is -3.49. The molecule has 1 aromatic rings. The molecule has 6 heteroatoms. The highest BCUT2D eigenvalue weighted by Crippen LogP contribution is 2.16. The summed E-state index contributed by atoms with van der Waals surface area (Å²) in [4.78, 5) is 2.19. The van der Waals surface area contributed by atoms with Crippen LogP contribution in [0.2, 0.25) is 0 Å². The highest BCUT2D eigenvalue weighted by atomic mass is 32.2. The summed E-state index contributed by atoms with van der Waals surface area (Å²) in [6, 6.07) is 6.37. The van der Waals surface area contributed by atoms with E-state index in [-0.39, 0.29) is 4.90 Å². The molecule has 0 aromatic heterocycles. The summed E-state index contributed by atoms with van der Waals surface area (Å²) < 4.78 is 26.7. The van der Waals surface area contributed by atoms with Crippen molar-refractivity contribution in [2.24, 2.45) is 0 Å². The summed E-state index contributed by atoms with van der Waals surface area (Å²) in [7, 11) is 0.396. The highest BCUT2D eigenvalue weighted by molar-refractivity contribution is 7.89. The molecule has 1 rings (SSSR count). The van der Waals surface area contributed by atoms with Crippen molar-refractivity contribution in [3.63, 3.8) is 0 Å². The normalized spacial score (nSPS) is 13.7. The third-order valence-corrected chi connectivity index (χ3v) is 4.18. The predicted molar refractivity (Wildman–Crippen MR) is 75.4 cm³/mol. The van der Waals surface area contributed by atoms with Crippen molar-refractivity contribution in [2.75, 3.05) is 27.2 Å². The third kappa shape index (κ3) is 5.28. The van der Waals surface area contributed by atoms with Gasteiger partial charge in [0.1, 0.15) is 0 Å². The molecular formula is C13H22N2O3S. The maximum Gasteiger partial charge on any atom is 0.240 e. The summed E-state index contributed by atoms with van der Waals surface area (Å²) in [5, 5.41) is 9.47. The van der Waals surface area contributed by atoms with Crippen LogP contribution in [0, 0.1) is 0 Å². The molecule has 0 aliphatic carbocycles. The van der Waals surface area contributed by atoms with E-state index in [2.05, 4.69) is 4.72 Å². The van der Waals surface area contributed by atoms with Gasteiger partial charge in [0, 0.05) is 6.54 Å². The zero-order valence-electron chi connectivity index (χ0n) is 11.6. The van der Waals surface area contributed by atoms with E-state index < -0.39 is 16.1 Å². The first-order valence-electron chi connectivity index (χ1n) is 6.25. The molecule has 2 N–H and O–H groups in total. The summed E-state index contributed by atoms with van der Waals surface area (Å²) in [5.41, 5.74) is 0.594. The van der Waals surface area contributed by atoms with Gasteiger partial charge in [-0.25, -0.2) is 13.1 Å². The third-order valence-electron chi connectivity index (χ3n) is 2.72. The first kappa shape index (κ1) is 16.1. The van der Waals surface area contributed by atoms with Crippen LogP contribution in [0.3, 0.4) is 0 Å². The van der Waals surface area contributed by atoms with Crippen molar-refractivity contribution in [2.45, 2.75) is 24.3 Å². The predicted octanol–water partition coefficient (Wildman–Crippen LogP) is 0.970. The smallest absolute Gasteiger partial charge is 0.240 e. The lowest BCUT2D eigenvalue weighted by molar-refractivity contribution is 0.199. The van der Waals surface area contributed by atoms with Gasteiger partial charge in [0.25, 0.3) is 0 Å². The van der Waals surface area contributed by atoms with Crippen LogP contribution in [0.15, 0.2) is 29.2 Å². The number of nitrogens with one attached hydrogen (secondary N) is 1. The fraction of sp³-hybridized carbons (Fsp3) is 0.538. The average Bonchev–Trinajstić information content (AvgIpc) is 2.34. The van der Waals surface area contributed by atoms with Crippen molar-refractivity contribution in [1.29, 1.82) is 0 Å². The average molecular weight is 286 g/mol. The molecule has 1 unspecified atom stereocenters. The molecule has 0 saturated heterocycles. The van der Waals surface area contributed by atoms with Crippen LogP contribution in [0.4, 0.5) is 0 Å². The first-order valence-corrected chi connectivity index (χ1v) is 7.73. The molecule has 1 aromatic carbocycles. The highest BCUT2D eigenvalue weighted by Gasteiger charge is 2.14. The van der Waals surface area contributed by atoms with Crippen LogP contribution in [0.25, 0.3) is 0 Å². The SMILES string of the molecule is CC(O)c1cccc(S(=O)(=O)NCCCN(C)C)c1. The number of aliphatic hydroxyl groups excluding tert-OH is 1. The second kappa shape index (κ2) is 7.00. The Morgan fingerprint density at radius 3 is 2.63 bits per heavy atom. The number of nitrogens with zero attached hydrogens (tertiary/aromatic N) is 1. The summed E-state index contributed by atoms with van der Waals surface area (Å²) >= 11 is 0. The van der Waals surface area contributed by atoms with Gasteiger partial charge in [-0.05, 0) is 51.7 Å². The van der Waals surface area contributed by atoms with Crippen LogP contribution >= 0.6 is 0 Å². The molecule has 0 fully saturated rings. The molecular weight excluding hydrogens is 264 g/mol. The molecule has 19 heavy (non-hydrogen) atoms. The Bertz CT molecular complexity index is 498. The Labute approximate surface area is 115 Å². The van der Waals surface area contributed by atoms with E-state index in [0.717, 1.165) is 13.0 Å². The maximum atomic E-state index is 12.0. The molecule has 0 aliphatic rings. The zero-order valence-corrected chi connectivity index (χ0v) is 12.4. The van der Waals surface area contributed by atoms with Gasteiger partial charge in [0.2, 0.25) is 10.0 Å². The monoisotopic (exact) mass is 286 g/mol. The largest absolute Gasteiger partial charge is 0.389 e. The van der Waals surface area contributed by atoms with E-state index in [1.807, 2.05) is 19.0 Å². The molecule has 0 saturated carbocycles. The Hall–Kier alpha value is -0.950. The second-order valence-electron chi connectivity index (χ2n) is 4.80. The molecule has 1 atom stereocenters. The van der Waals surface area contributed by atoms with Crippen LogP contribution in [-0.2, 0) is 10.0 Å². The second-order valence-corrected chi connectivity index (χ2v) is 6.57. The van der Waals surface area contributed by atoms with Crippen molar-refractivity contribution in [1.82, 2.24) is 9.62 Å². The van der Waals surface area contributed by atoms with Gasteiger partial charge < -0.3 is 10.0 Å². The Kier molecular flexibility index (Phi) is 5.93. The quantitative estimate of drug-likeness (QED) is 0.733. The van der Waals surface area contributed by atoms with Crippen molar-refractivity contribution in [3.05, 3.63) is 29.8 Å². The lowest BCUT2D eigenvalue weighted by Gasteiger charge is -2.11. The molecule has 5 nitrogen and oxygen atoms in total. The van der Waals surface area contributed by atoms with Gasteiger partial charge >= 0.3 is 0 Å². The van der Waals surface area contributed by atoms with Gasteiger partial charge in [0.05, 0.1) is 11.0 Å². The van der Waals surface area contributed by atoms with Gasteiger partial charge in [-0.3, -0.25) is 0 Å². The number of sulfonamides is 1. The minimum Gasteiger partial charge on any atom is -0.389 e. The summed E-state index contributed by atoms with van der Waals surface area (Å²) in [6.45, 7) is 2.84. The van der Waals surface area contributed by atoms with E-state index in [4.69, 9.17) is 0 Å². The summed E-state index contributed by atoms with van der Waals surface area (Å²) in [6.07, 6.45) is 0.0754. The fourth-order valence-corrected chi connectivity index (χ4v) is 2.76. The topological polar surface area (TPSA) is 69.6 Å². The Morgan fingerprint density at radius 2 is 2.05 bits per heavy atom. The molecule has 0 bridgehead atoms. The first-order chi connectivity index (χ1) is 8.83. The number of aliphatic hydroxyl groups is 1. The minimum absolute atomic E-state index is 0.191. The van der Waals surface area contributed by atoms with E-state index >= 15 is 0 Å². The molecule has 0 spiro atoms. The molecule has 0 amide bonds. The van der Waals surface area contributed by atoms with Crippen molar-refractivity contribution < 1.29 is 13.5 Å². The lowest BCUT2D eigenvalue weighted by Crippen LogP contribution is -2.27. The van der Waals surface area contributed by atoms with Crippen LogP contribution in [0.1, 0.15) is 25.0 Å². The van der Waals surface area contributed by atoms with Gasteiger partial charge in [-0.2, -0.15) is 0 Å². The zero-order chi connectivity index (χ0) is 14.5. The van der Waals surface area contributed by atoms with Crippen molar-refractivity contribution in [3.8, 4) is 0 Å². The maximum absolute atomic E-state index is 12.0. The van der Waals surface area contributed by atoms with E-state index in [1.54, 1.807) is 19.1 Å². The van der Waals surface area contributed by atoms with Gasteiger partial charge in [-0.1, -0.05) is 12.1 Å². The Morgan fingerprint density at radius 1 is 1.37 bits per heavy atom. The molecule has 0 radical (unpaired) electrons. The van der Waals surface area contributed by atoms with E-state index in [0.29, 0.717) is 12.1 Å². The fourth-order valence-electron chi connectivity index (χ4n) is 1.63. The molecule has 108 valence electrons. The number of hydrogen-bond donors (Lipinski definition) is 2. The van der Waals surface area contributed by atoms with Crippen LogP contribution < -0.4 is 4.72 Å². The number of hydrogen-bond acceptors (Lipinski definition) is 4. The molecule has 0 heterocycles. The van der Waals surface area contributed by atoms with Gasteiger partial charge in [-0.15, -0.1) is 0 Å². The molecule has 0 aliphatic heterocycles. The number of benzene rings is 1. The van der Waals surface area contributed by atoms with Crippen molar-refractivity contribution >= 4 is 10.0 Å². The van der Waals surface area contributed by atoms with E-state index in [9.17, 15) is 13.5 Å². The van der Waals surface area contributed by atoms with Crippen LogP contribution in [-0.4, -0.2) is 45.6 Å². The van der Waals surface area contributed by atoms with Gasteiger partial charge in [0.15, 0.2) is 0 Å². The number of rotatable bonds is 7. The lowest BCUT2D eigenvalue weighted by atomic mass is 10.1. The van der Waals surface area contributed by atoms with E-state index in [1.165, 1.54) is 12.1 Å². The standard InChI is InChI=1S/C13H22N2O3S/c1-11(16)12-6-4-7-13(10-12)19(17,18)14-8-5-9-15(2)3/h4,6-7,10-11,14,16H,5,8-9H2,1-3H3. The summed E-state index contributed by atoms with van der Waals surface area (Å²) in [5.74, 6) is 0.